The second-order valence-electron chi connectivity index (χ2n) is 8.66. The average Bonchev–Trinajstić information content (AvgIpc) is 2.44. The van der Waals surface area contributed by atoms with Gasteiger partial charge in [0.2, 0.25) is 0 Å². The molecule has 1 nitrogen and oxygen atoms in total. The number of hydrogen-bond donors (Lipinski definition) is 0. The first kappa shape index (κ1) is 20.7. The van der Waals surface area contributed by atoms with Crippen LogP contribution in [0, 0.1) is 11.5 Å². The van der Waals surface area contributed by atoms with Crippen LogP contribution in [0.5, 0.6) is 0 Å². The van der Waals surface area contributed by atoms with Crippen molar-refractivity contribution in [1.29, 1.82) is 0 Å². The fourth-order valence-corrected chi connectivity index (χ4v) is 8.81. The van der Waals surface area contributed by atoms with Gasteiger partial charge >= 0.3 is 0 Å². The van der Waals surface area contributed by atoms with E-state index >= 15 is 0 Å². The van der Waals surface area contributed by atoms with Crippen LogP contribution in [0.15, 0.2) is 29.3 Å². The summed E-state index contributed by atoms with van der Waals surface area (Å²) in [5.41, 5.74) is 7.93. The van der Waals surface area contributed by atoms with E-state index in [1.165, 1.54) is 0 Å². The molecule has 0 aromatic heterocycles. The average molecular weight is 342 g/mol. The van der Waals surface area contributed by atoms with Crippen molar-refractivity contribution in [2.45, 2.75) is 84.5 Å². The van der Waals surface area contributed by atoms with Crippen molar-refractivity contribution in [3.63, 3.8) is 0 Å². The van der Waals surface area contributed by atoms with Crippen molar-refractivity contribution in [1.82, 2.24) is 0 Å². The van der Waals surface area contributed by atoms with Crippen LogP contribution in [0.3, 0.4) is 0 Å². The maximum Gasteiger partial charge on any atom is 0.146 e. The van der Waals surface area contributed by atoms with Crippen molar-refractivity contribution in [2.75, 3.05) is 0 Å². The molecule has 0 fully saturated rings. The van der Waals surface area contributed by atoms with Crippen LogP contribution < -0.4 is 0 Å². The standard InChI is InChI=1S/C22H35NSi/c1-17(2)24(18(3)4,19(5)6)15-14-20-12-10-11-13-21(20)16-23-22(7,8)9/h10-13,16-19H,1-9H3. The molecule has 0 N–H and O–H groups in total. The van der Waals surface area contributed by atoms with Crippen molar-refractivity contribution in [3.8, 4) is 11.5 Å². The summed E-state index contributed by atoms with van der Waals surface area (Å²) in [7, 11) is -1.70. The third-order valence-electron chi connectivity index (χ3n) is 4.83. The van der Waals surface area contributed by atoms with Crippen LogP contribution in [0.25, 0.3) is 0 Å². The Balaban J connectivity index is 3.36. The highest BCUT2D eigenvalue weighted by atomic mass is 28.3. The van der Waals surface area contributed by atoms with Crippen molar-refractivity contribution < 1.29 is 0 Å². The van der Waals surface area contributed by atoms with Gasteiger partial charge in [0.1, 0.15) is 8.07 Å². The van der Waals surface area contributed by atoms with Gasteiger partial charge in [0, 0.05) is 17.3 Å². The summed E-state index contributed by atoms with van der Waals surface area (Å²) < 4.78 is 0. The van der Waals surface area contributed by atoms with Gasteiger partial charge in [0.15, 0.2) is 0 Å². The van der Waals surface area contributed by atoms with Gasteiger partial charge in [-0.15, -0.1) is 5.54 Å². The molecule has 0 heterocycles. The third-order valence-corrected chi connectivity index (χ3v) is 11.1. The third kappa shape index (κ3) is 5.08. The van der Waals surface area contributed by atoms with E-state index in [1.807, 2.05) is 6.21 Å². The number of nitrogens with zero attached hydrogens (tertiary/aromatic N) is 1. The summed E-state index contributed by atoms with van der Waals surface area (Å²) in [6, 6.07) is 8.37. The summed E-state index contributed by atoms with van der Waals surface area (Å²) in [5.74, 6) is 3.55. The molecular weight excluding hydrogens is 306 g/mol. The Bertz CT molecular complexity index is 600. The quantitative estimate of drug-likeness (QED) is 0.338. The minimum atomic E-state index is -1.70. The van der Waals surface area contributed by atoms with E-state index in [1.54, 1.807) is 0 Å². The van der Waals surface area contributed by atoms with Gasteiger partial charge in [-0.25, -0.2) is 0 Å². The Morgan fingerprint density at radius 3 is 1.88 bits per heavy atom. The van der Waals surface area contributed by atoms with E-state index in [0.29, 0.717) is 16.6 Å². The summed E-state index contributed by atoms with van der Waals surface area (Å²) in [6.45, 7) is 20.5. The second kappa shape index (κ2) is 8.16. The van der Waals surface area contributed by atoms with Crippen LogP contribution in [0.1, 0.15) is 73.4 Å². The Morgan fingerprint density at radius 1 is 0.917 bits per heavy atom. The van der Waals surface area contributed by atoms with E-state index < -0.39 is 8.07 Å². The predicted octanol–water partition coefficient (Wildman–Crippen LogP) is 6.47. The number of aliphatic imine (C=N–C) groups is 1. The predicted molar refractivity (Wildman–Crippen MR) is 112 cm³/mol. The minimum absolute atomic E-state index is 0.0627. The summed E-state index contributed by atoms with van der Waals surface area (Å²) >= 11 is 0. The van der Waals surface area contributed by atoms with Crippen LogP contribution in [-0.4, -0.2) is 19.8 Å². The Morgan fingerprint density at radius 2 is 1.42 bits per heavy atom. The van der Waals surface area contributed by atoms with Crippen LogP contribution in [-0.2, 0) is 0 Å². The molecule has 0 saturated carbocycles. The molecule has 0 atom stereocenters. The van der Waals surface area contributed by atoms with E-state index in [9.17, 15) is 0 Å². The molecule has 0 saturated heterocycles. The summed E-state index contributed by atoms with van der Waals surface area (Å²) in [5, 5.41) is 0. The highest BCUT2D eigenvalue weighted by Gasteiger charge is 2.41. The molecule has 1 aromatic carbocycles. The summed E-state index contributed by atoms with van der Waals surface area (Å²) in [6.07, 6.45) is 1.98. The highest BCUT2D eigenvalue weighted by Crippen LogP contribution is 2.40. The molecule has 0 bridgehead atoms. The number of benzene rings is 1. The van der Waals surface area contributed by atoms with Gasteiger partial charge in [-0.05, 0) is 43.5 Å². The normalized spacial score (nSPS) is 13.0. The first-order valence-electron chi connectivity index (χ1n) is 9.18. The zero-order valence-electron chi connectivity index (χ0n) is 17.1. The second-order valence-corrected chi connectivity index (χ2v) is 14.2. The Hall–Kier alpha value is -1.33. The smallest absolute Gasteiger partial charge is 0.146 e. The maximum atomic E-state index is 4.66. The molecule has 0 amide bonds. The zero-order valence-corrected chi connectivity index (χ0v) is 18.1. The fourth-order valence-electron chi connectivity index (χ4n) is 3.60. The van der Waals surface area contributed by atoms with Gasteiger partial charge in [0.25, 0.3) is 0 Å². The first-order valence-corrected chi connectivity index (χ1v) is 11.4. The highest BCUT2D eigenvalue weighted by molar-refractivity contribution is 6.90. The molecule has 1 aromatic rings. The Labute approximate surface area is 151 Å². The van der Waals surface area contributed by atoms with Crippen LogP contribution in [0.2, 0.25) is 16.6 Å². The molecule has 0 aliphatic rings. The molecule has 0 aliphatic heterocycles. The van der Waals surface area contributed by atoms with Gasteiger partial charge < -0.3 is 0 Å². The monoisotopic (exact) mass is 341 g/mol. The van der Waals surface area contributed by atoms with Crippen molar-refractivity contribution in [3.05, 3.63) is 35.4 Å². The molecule has 132 valence electrons. The molecule has 0 aliphatic carbocycles. The largest absolute Gasteiger partial charge is 0.287 e. The lowest BCUT2D eigenvalue weighted by Gasteiger charge is -2.38. The minimum Gasteiger partial charge on any atom is -0.287 e. The van der Waals surface area contributed by atoms with Crippen molar-refractivity contribution in [2.24, 2.45) is 4.99 Å². The van der Waals surface area contributed by atoms with Gasteiger partial charge in [-0.2, -0.15) is 0 Å². The van der Waals surface area contributed by atoms with Gasteiger partial charge in [-0.3, -0.25) is 4.99 Å². The summed E-state index contributed by atoms with van der Waals surface area (Å²) in [4.78, 5) is 4.66. The van der Waals surface area contributed by atoms with Crippen LogP contribution >= 0.6 is 0 Å². The lowest BCUT2D eigenvalue weighted by molar-refractivity contribution is 0.586. The number of rotatable bonds is 4. The molecular formula is C22H35NSi. The fraction of sp³-hybridized carbons (Fsp3) is 0.591. The van der Waals surface area contributed by atoms with Crippen molar-refractivity contribution >= 4 is 14.3 Å². The van der Waals surface area contributed by atoms with E-state index in [4.69, 9.17) is 0 Å². The molecule has 24 heavy (non-hydrogen) atoms. The van der Waals surface area contributed by atoms with E-state index in [2.05, 4.69) is 103 Å². The van der Waals surface area contributed by atoms with E-state index in [-0.39, 0.29) is 5.54 Å². The van der Waals surface area contributed by atoms with Gasteiger partial charge in [0.05, 0.1) is 5.54 Å². The van der Waals surface area contributed by atoms with Crippen LogP contribution in [0.4, 0.5) is 0 Å². The maximum absolute atomic E-state index is 4.66. The SMILES string of the molecule is CC(C)[Si](C#Cc1ccccc1C=NC(C)(C)C)(C(C)C)C(C)C. The molecule has 2 heteroatoms. The van der Waals surface area contributed by atoms with Gasteiger partial charge in [-0.1, -0.05) is 65.7 Å². The molecule has 0 radical (unpaired) electrons. The molecule has 0 unspecified atom stereocenters. The topological polar surface area (TPSA) is 12.4 Å². The lowest BCUT2D eigenvalue weighted by atomic mass is 10.1. The first-order chi connectivity index (χ1) is 11.0. The Kier molecular flexibility index (Phi) is 7.05. The lowest BCUT2D eigenvalue weighted by Crippen LogP contribution is -2.43. The zero-order chi connectivity index (χ0) is 18.5. The van der Waals surface area contributed by atoms with E-state index in [0.717, 1.165) is 11.1 Å². The molecule has 0 spiro atoms. The molecule has 1 rings (SSSR count). The number of hydrogen-bond acceptors (Lipinski definition) is 1.